The number of hydrogen-bond donors (Lipinski definition) is 0. The van der Waals surface area contributed by atoms with E-state index in [2.05, 4.69) is 38.1 Å². The van der Waals surface area contributed by atoms with Gasteiger partial charge in [-0.3, -0.25) is 0 Å². The average Bonchev–Trinajstić information content (AvgIpc) is 2.79. The van der Waals surface area contributed by atoms with Crippen LogP contribution in [0.5, 0.6) is 0 Å². The average molecular weight is 365 g/mol. The fourth-order valence-electron chi connectivity index (χ4n) is 3.13. The van der Waals surface area contributed by atoms with Gasteiger partial charge in [-0.15, -0.1) is 0 Å². The lowest BCUT2D eigenvalue weighted by molar-refractivity contribution is 0.734. The molecule has 0 aliphatic heterocycles. The SMILES string of the molecule is CCC(C)c1ccc(-c2nc(-c3ccccc3)nc(-c3ccccc3)n2)cc1. The number of aromatic nitrogens is 3. The molecule has 0 saturated carbocycles. The van der Waals surface area contributed by atoms with E-state index in [-0.39, 0.29) is 0 Å². The quantitative estimate of drug-likeness (QED) is 0.411. The smallest absolute Gasteiger partial charge is 0.164 e. The van der Waals surface area contributed by atoms with Gasteiger partial charge in [0.15, 0.2) is 17.5 Å². The molecule has 1 atom stereocenters. The maximum atomic E-state index is 4.77. The van der Waals surface area contributed by atoms with Gasteiger partial charge >= 0.3 is 0 Å². The van der Waals surface area contributed by atoms with Crippen LogP contribution in [-0.4, -0.2) is 15.0 Å². The highest BCUT2D eigenvalue weighted by molar-refractivity contribution is 5.66. The van der Waals surface area contributed by atoms with E-state index in [1.165, 1.54) is 5.56 Å². The summed E-state index contributed by atoms with van der Waals surface area (Å²) < 4.78 is 0. The monoisotopic (exact) mass is 365 g/mol. The Hall–Kier alpha value is -3.33. The fourth-order valence-corrected chi connectivity index (χ4v) is 3.13. The lowest BCUT2D eigenvalue weighted by atomic mass is 9.97. The van der Waals surface area contributed by atoms with Crippen molar-refractivity contribution in [1.82, 2.24) is 15.0 Å². The Morgan fingerprint density at radius 2 is 0.964 bits per heavy atom. The maximum Gasteiger partial charge on any atom is 0.164 e. The third kappa shape index (κ3) is 3.84. The summed E-state index contributed by atoms with van der Waals surface area (Å²) in [6.07, 6.45) is 1.13. The molecule has 1 aromatic heterocycles. The first-order chi connectivity index (χ1) is 13.7. The summed E-state index contributed by atoms with van der Waals surface area (Å²) in [6.45, 7) is 4.46. The van der Waals surface area contributed by atoms with Crippen LogP contribution in [0.25, 0.3) is 34.2 Å². The van der Waals surface area contributed by atoms with Crippen molar-refractivity contribution in [3.63, 3.8) is 0 Å². The molecule has 1 heterocycles. The number of nitrogens with zero attached hydrogens (tertiary/aromatic N) is 3. The van der Waals surface area contributed by atoms with Gasteiger partial charge in [-0.2, -0.15) is 0 Å². The third-order valence-corrected chi connectivity index (χ3v) is 5.05. The van der Waals surface area contributed by atoms with Crippen LogP contribution in [0, 0.1) is 0 Å². The molecule has 0 amide bonds. The van der Waals surface area contributed by atoms with Crippen LogP contribution < -0.4 is 0 Å². The molecule has 0 bridgehead atoms. The second kappa shape index (κ2) is 8.13. The summed E-state index contributed by atoms with van der Waals surface area (Å²) in [5, 5.41) is 0. The van der Waals surface area contributed by atoms with Crippen molar-refractivity contribution in [2.75, 3.05) is 0 Å². The second-order valence-electron chi connectivity index (χ2n) is 6.97. The molecule has 28 heavy (non-hydrogen) atoms. The van der Waals surface area contributed by atoms with Gasteiger partial charge < -0.3 is 0 Å². The van der Waals surface area contributed by atoms with Crippen LogP contribution in [0.3, 0.4) is 0 Å². The molecule has 0 fully saturated rings. The summed E-state index contributed by atoms with van der Waals surface area (Å²) >= 11 is 0. The van der Waals surface area contributed by atoms with Gasteiger partial charge in [-0.1, -0.05) is 98.8 Å². The zero-order chi connectivity index (χ0) is 19.3. The molecular formula is C25H23N3. The number of benzene rings is 3. The van der Waals surface area contributed by atoms with Crippen LogP contribution in [0.15, 0.2) is 84.9 Å². The van der Waals surface area contributed by atoms with Crippen LogP contribution in [0.4, 0.5) is 0 Å². The molecule has 0 N–H and O–H groups in total. The lowest BCUT2D eigenvalue weighted by Gasteiger charge is -2.11. The molecule has 0 aliphatic carbocycles. The van der Waals surface area contributed by atoms with Crippen molar-refractivity contribution >= 4 is 0 Å². The van der Waals surface area contributed by atoms with E-state index in [1.807, 2.05) is 60.7 Å². The fraction of sp³-hybridized carbons (Fsp3) is 0.160. The molecule has 0 radical (unpaired) electrons. The Balaban J connectivity index is 1.82. The Bertz CT molecular complexity index is 984. The highest BCUT2D eigenvalue weighted by Crippen LogP contribution is 2.26. The summed E-state index contributed by atoms with van der Waals surface area (Å²) in [5.74, 6) is 2.63. The van der Waals surface area contributed by atoms with Crippen LogP contribution >= 0.6 is 0 Å². The van der Waals surface area contributed by atoms with E-state index in [4.69, 9.17) is 15.0 Å². The predicted octanol–water partition coefficient (Wildman–Crippen LogP) is 6.39. The molecular weight excluding hydrogens is 342 g/mol. The number of rotatable bonds is 5. The van der Waals surface area contributed by atoms with Gasteiger partial charge in [-0.25, -0.2) is 15.0 Å². The minimum absolute atomic E-state index is 0.548. The van der Waals surface area contributed by atoms with E-state index in [1.54, 1.807) is 0 Å². The largest absolute Gasteiger partial charge is 0.208 e. The molecule has 0 saturated heterocycles. The van der Waals surface area contributed by atoms with Crippen LogP contribution in [0.2, 0.25) is 0 Å². The standard InChI is InChI=1S/C25H23N3/c1-3-18(2)19-14-16-22(17-15-19)25-27-23(20-10-6-4-7-11-20)26-24(28-25)21-12-8-5-9-13-21/h4-18H,3H2,1-2H3. The van der Waals surface area contributed by atoms with E-state index < -0.39 is 0 Å². The van der Waals surface area contributed by atoms with Gasteiger partial charge in [0.25, 0.3) is 0 Å². The van der Waals surface area contributed by atoms with Crippen molar-refractivity contribution in [2.24, 2.45) is 0 Å². The molecule has 3 aromatic carbocycles. The van der Waals surface area contributed by atoms with E-state index >= 15 is 0 Å². The lowest BCUT2D eigenvalue weighted by Crippen LogP contribution is -2.00. The van der Waals surface area contributed by atoms with Crippen LogP contribution in [0.1, 0.15) is 31.7 Å². The van der Waals surface area contributed by atoms with Gasteiger partial charge in [0.1, 0.15) is 0 Å². The topological polar surface area (TPSA) is 38.7 Å². The molecule has 0 spiro atoms. The Morgan fingerprint density at radius 1 is 0.571 bits per heavy atom. The van der Waals surface area contributed by atoms with Crippen molar-refractivity contribution in [2.45, 2.75) is 26.2 Å². The molecule has 4 aromatic rings. The van der Waals surface area contributed by atoms with Crippen molar-refractivity contribution in [3.05, 3.63) is 90.5 Å². The van der Waals surface area contributed by atoms with E-state index in [0.717, 1.165) is 23.1 Å². The highest BCUT2D eigenvalue weighted by Gasteiger charge is 2.12. The summed E-state index contributed by atoms with van der Waals surface area (Å²) in [4.78, 5) is 14.3. The normalized spacial score (nSPS) is 11.9. The summed E-state index contributed by atoms with van der Waals surface area (Å²) in [7, 11) is 0. The van der Waals surface area contributed by atoms with Gasteiger partial charge in [0.05, 0.1) is 0 Å². The highest BCUT2D eigenvalue weighted by atomic mass is 15.0. The molecule has 1 unspecified atom stereocenters. The Kier molecular flexibility index (Phi) is 5.24. The number of hydrogen-bond acceptors (Lipinski definition) is 3. The Morgan fingerprint density at radius 3 is 1.36 bits per heavy atom. The maximum absolute atomic E-state index is 4.77. The van der Waals surface area contributed by atoms with Crippen molar-refractivity contribution in [1.29, 1.82) is 0 Å². The van der Waals surface area contributed by atoms with Crippen LogP contribution in [-0.2, 0) is 0 Å². The van der Waals surface area contributed by atoms with Gasteiger partial charge in [0, 0.05) is 16.7 Å². The van der Waals surface area contributed by atoms with E-state index in [0.29, 0.717) is 23.4 Å². The molecule has 4 rings (SSSR count). The van der Waals surface area contributed by atoms with E-state index in [9.17, 15) is 0 Å². The first kappa shape index (κ1) is 18.1. The predicted molar refractivity (Wildman–Crippen MR) is 115 cm³/mol. The third-order valence-electron chi connectivity index (χ3n) is 5.05. The minimum atomic E-state index is 0.548. The van der Waals surface area contributed by atoms with Gasteiger partial charge in [0.2, 0.25) is 0 Å². The first-order valence-corrected chi connectivity index (χ1v) is 9.72. The Labute approximate surface area is 166 Å². The summed E-state index contributed by atoms with van der Waals surface area (Å²) in [5.41, 5.74) is 4.31. The zero-order valence-electron chi connectivity index (χ0n) is 16.2. The summed E-state index contributed by atoms with van der Waals surface area (Å²) in [6, 6.07) is 28.7. The molecule has 3 heteroatoms. The molecule has 138 valence electrons. The molecule has 3 nitrogen and oxygen atoms in total. The minimum Gasteiger partial charge on any atom is -0.208 e. The molecule has 0 aliphatic rings. The van der Waals surface area contributed by atoms with Gasteiger partial charge in [-0.05, 0) is 17.9 Å². The first-order valence-electron chi connectivity index (χ1n) is 9.72. The second-order valence-corrected chi connectivity index (χ2v) is 6.97. The zero-order valence-corrected chi connectivity index (χ0v) is 16.2. The van der Waals surface area contributed by atoms with Crippen molar-refractivity contribution < 1.29 is 0 Å². The van der Waals surface area contributed by atoms with Crippen molar-refractivity contribution in [3.8, 4) is 34.2 Å².